The second kappa shape index (κ2) is 4.09. The molecule has 1 aromatic heterocycles. The van der Waals surface area contributed by atoms with E-state index in [0.29, 0.717) is 17.2 Å². The van der Waals surface area contributed by atoms with Gasteiger partial charge in [-0.05, 0) is 44.9 Å². The fourth-order valence-electron chi connectivity index (χ4n) is 2.32. The highest BCUT2D eigenvalue weighted by Crippen LogP contribution is 2.41. The SMILES string of the molecule is CC1(C)CCC(c2noc(C(C)(C)N)n2)CC1. The topological polar surface area (TPSA) is 64.9 Å². The summed E-state index contributed by atoms with van der Waals surface area (Å²) < 4.78 is 5.25. The van der Waals surface area contributed by atoms with Gasteiger partial charge in [-0.2, -0.15) is 4.98 Å². The quantitative estimate of drug-likeness (QED) is 0.858. The maximum Gasteiger partial charge on any atom is 0.246 e. The summed E-state index contributed by atoms with van der Waals surface area (Å²) in [6, 6.07) is 0. The van der Waals surface area contributed by atoms with E-state index in [1.165, 1.54) is 12.8 Å². The summed E-state index contributed by atoms with van der Waals surface area (Å²) in [4.78, 5) is 4.45. The van der Waals surface area contributed by atoms with Crippen LogP contribution in [-0.4, -0.2) is 10.1 Å². The minimum Gasteiger partial charge on any atom is -0.337 e. The van der Waals surface area contributed by atoms with Gasteiger partial charge in [0.05, 0.1) is 5.54 Å². The van der Waals surface area contributed by atoms with E-state index in [1.807, 2.05) is 13.8 Å². The fourth-order valence-corrected chi connectivity index (χ4v) is 2.32. The van der Waals surface area contributed by atoms with Gasteiger partial charge in [-0.1, -0.05) is 19.0 Å². The van der Waals surface area contributed by atoms with Crippen molar-refractivity contribution in [3.05, 3.63) is 11.7 Å². The van der Waals surface area contributed by atoms with E-state index in [2.05, 4.69) is 24.0 Å². The first kappa shape index (κ1) is 12.6. The molecule has 0 atom stereocenters. The first-order valence-electron chi connectivity index (χ1n) is 6.41. The average Bonchev–Trinajstić information content (AvgIpc) is 2.66. The maximum atomic E-state index is 5.95. The van der Waals surface area contributed by atoms with Crippen molar-refractivity contribution in [1.82, 2.24) is 10.1 Å². The summed E-state index contributed by atoms with van der Waals surface area (Å²) in [7, 11) is 0. The largest absolute Gasteiger partial charge is 0.337 e. The zero-order valence-electron chi connectivity index (χ0n) is 11.3. The van der Waals surface area contributed by atoms with Crippen molar-refractivity contribution in [2.75, 3.05) is 0 Å². The van der Waals surface area contributed by atoms with Crippen LogP contribution in [0.2, 0.25) is 0 Å². The van der Waals surface area contributed by atoms with E-state index < -0.39 is 5.54 Å². The lowest BCUT2D eigenvalue weighted by molar-refractivity contribution is 0.218. The molecule has 1 fully saturated rings. The predicted molar refractivity (Wildman–Crippen MR) is 66.5 cm³/mol. The van der Waals surface area contributed by atoms with Crippen molar-refractivity contribution < 1.29 is 4.52 Å². The highest BCUT2D eigenvalue weighted by atomic mass is 16.5. The monoisotopic (exact) mass is 237 g/mol. The molecule has 0 saturated heterocycles. The molecule has 1 heterocycles. The summed E-state index contributed by atoms with van der Waals surface area (Å²) in [5, 5.41) is 4.09. The van der Waals surface area contributed by atoms with Crippen molar-refractivity contribution in [2.24, 2.45) is 11.1 Å². The Hall–Kier alpha value is -0.900. The Bertz CT molecular complexity index is 380. The van der Waals surface area contributed by atoms with Crippen LogP contribution in [0.4, 0.5) is 0 Å². The van der Waals surface area contributed by atoms with Gasteiger partial charge in [0.2, 0.25) is 5.89 Å². The molecule has 17 heavy (non-hydrogen) atoms. The van der Waals surface area contributed by atoms with E-state index >= 15 is 0 Å². The van der Waals surface area contributed by atoms with Crippen molar-refractivity contribution in [2.45, 2.75) is 64.8 Å². The number of hydrogen-bond donors (Lipinski definition) is 1. The predicted octanol–water partition coefficient (Wildman–Crippen LogP) is 2.95. The van der Waals surface area contributed by atoms with Crippen molar-refractivity contribution >= 4 is 0 Å². The third-order valence-electron chi connectivity index (χ3n) is 3.70. The minimum absolute atomic E-state index is 0.447. The second-order valence-corrected chi connectivity index (χ2v) is 6.62. The average molecular weight is 237 g/mol. The third kappa shape index (κ3) is 2.86. The van der Waals surface area contributed by atoms with Crippen LogP contribution in [0.1, 0.15) is 71.0 Å². The number of rotatable bonds is 2. The van der Waals surface area contributed by atoms with Gasteiger partial charge >= 0.3 is 0 Å². The van der Waals surface area contributed by atoms with Crippen molar-refractivity contribution in [1.29, 1.82) is 0 Å². The molecule has 96 valence electrons. The molecule has 1 aromatic rings. The molecule has 1 aliphatic rings. The van der Waals surface area contributed by atoms with Gasteiger partial charge in [0.25, 0.3) is 0 Å². The van der Waals surface area contributed by atoms with Crippen LogP contribution in [0.5, 0.6) is 0 Å². The van der Waals surface area contributed by atoms with E-state index in [1.54, 1.807) is 0 Å². The second-order valence-electron chi connectivity index (χ2n) is 6.62. The van der Waals surface area contributed by atoms with E-state index in [-0.39, 0.29) is 0 Å². The molecule has 4 nitrogen and oxygen atoms in total. The Kier molecular flexibility index (Phi) is 3.02. The van der Waals surface area contributed by atoms with Gasteiger partial charge in [-0.15, -0.1) is 0 Å². The normalized spacial score (nSPS) is 21.7. The molecular weight excluding hydrogens is 214 g/mol. The Morgan fingerprint density at radius 1 is 1.29 bits per heavy atom. The summed E-state index contributed by atoms with van der Waals surface area (Å²) in [5.74, 6) is 1.83. The van der Waals surface area contributed by atoms with Gasteiger partial charge in [-0.3, -0.25) is 0 Å². The number of nitrogens with two attached hydrogens (primary N) is 1. The van der Waals surface area contributed by atoms with Crippen molar-refractivity contribution in [3.63, 3.8) is 0 Å². The lowest BCUT2D eigenvalue weighted by Crippen LogP contribution is -2.29. The molecule has 0 bridgehead atoms. The summed E-state index contributed by atoms with van der Waals surface area (Å²) in [5.41, 5.74) is 5.87. The smallest absolute Gasteiger partial charge is 0.246 e. The Morgan fingerprint density at radius 2 is 1.88 bits per heavy atom. The molecule has 4 heteroatoms. The van der Waals surface area contributed by atoms with Crippen molar-refractivity contribution in [3.8, 4) is 0 Å². The van der Waals surface area contributed by atoms with Crippen LogP contribution < -0.4 is 5.73 Å². The van der Waals surface area contributed by atoms with Gasteiger partial charge in [-0.25, -0.2) is 0 Å². The van der Waals surface area contributed by atoms with Gasteiger partial charge < -0.3 is 10.3 Å². The van der Waals surface area contributed by atoms with Crippen LogP contribution in [0.25, 0.3) is 0 Å². The van der Waals surface area contributed by atoms with Crippen LogP contribution in [0.15, 0.2) is 4.52 Å². The molecular formula is C13H23N3O. The summed E-state index contributed by atoms with van der Waals surface area (Å²) in [6.45, 7) is 8.42. The van der Waals surface area contributed by atoms with E-state index in [4.69, 9.17) is 10.3 Å². The Balaban J connectivity index is 2.07. The van der Waals surface area contributed by atoms with Gasteiger partial charge in [0.15, 0.2) is 5.82 Å². The lowest BCUT2D eigenvalue weighted by atomic mass is 9.73. The third-order valence-corrected chi connectivity index (χ3v) is 3.70. The molecule has 0 spiro atoms. The first-order chi connectivity index (χ1) is 7.78. The molecule has 1 saturated carbocycles. The Labute approximate surface area is 103 Å². The van der Waals surface area contributed by atoms with Crippen LogP contribution >= 0.6 is 0 Å². The zero-order chi connectivity index (χ0) is 12.7. The van der Waals surface area contributed by atoms with E-state index in [9.17, 15) is 0 Å². The molecule has 2 N–H and O–H groups in total. The molecule has 1 aliphatic carbocycles. The summed E-state index contributed by atoms with van der Waals surface area (Å²) >= 11 is 0. The van der Waals surface area contributed by atoms with Gasteiger partial charge in [0.1, 0.15) is 0 Å². The van der Waals surface area contributed by atoms with E-state index in [0.717, 1.165) is 18.7 Å². The Morgan fingerprint density at radius 3 is 2.35 bits per heavy atom. The van der Waals surface area contributed by atoms with Crippen LogP contribution in [0, 0.1) is 5.41 Å². The minimum atomic E-state index is -0.542. The zero-order valence-corrected chi connectivity index (χ0v) is 11.3. The molecule has 0 radical (unpaired) electrons. The van der Waals surface area contributed by atoms with Gasteiger partial charge in [0, 0.05) is 5.92 Å². The first-order valence-corrected chi connectivity index (χ1v) is 6.41. The highest BCUT2D eigenvalue weighted by molar-refractivity contribution is 5.03. The summed E-state index contributed by atoms with van der Waals surface area (Å²) in [6.07, 6.45) is 4.76. The number of nitrogens with zero attached hydrogens (tertiary/aromatic N) is 2. The standard InChI is InChI=1S/C13H23N3O/c1-12(2)7-5-9(6-8-12)10-15-11(17-16-10)13(3,4)14/h9H,5-8,14H2,1-4H3. The molecule has 0 amide bonds. The maximum absolute atomic E-state index is 5.95. The van der Waals surface area contributed by atoms with Crippen LogP contribution in [-0.2, 0) is 5.54 Å². The molecule has 0 aliphatic heterocycles. The highest BCUT2D eigenvalue weighted by Gasteiger charge is 2.31. The lowest BCUT2D eigenvalue weighted by Gasteiger charge is -2.32. The fraction of sp³-hybridized carbons (Fsp3) is 0.846. The molecule has 0 unspecified atom stereocenters. The number of hydrogen-bond acceptors (Lipinski definition) is 4. The van der Waals surface area contributed by atoms with Crippen LogP contribution in [0.3, 0.4) is 0 Å². The number of aromatic nitrogens is 2. The molecule has 2 rings (SSSR count). The molecule has 0 aromatic carbocycles.